The first-order chi connectivity index (χ1) is 8.68. The van der Waals surface area contributed by atoms with Gasteiger partial charge in [-0.25, -0.2) is 0 Å². The van der Waals surface area contributed by atoms with Crippen LogP contribution >= 0.6 is 0 Å². The van der Waals surface area contributed by atoms with E-state index in [9.17, 15) is 9.59 Å². The fourth-order valence-corrected chi connectivity index (χ4v) is 2.20. The van der Waals surface area contributed by atoms with Crippen LogP contribution in [-0.2, 0) is 9.59 Å². The van der Waals surface area contributed by atoms with Gasteiger partial charge in [-0.1, -0.05) is 18.2 Å². The zero-order chi connectivity index (χ0) is 13.0. The summed E-state index contributed by atoms with van der Waals surface area (Å²) in [6.07, 6.45) is 1.51. The Kier molecular flexibility index (Phi) is 3.82. The Morgan fingerprint density at radius 2 is 2.06 bits per heavy atom. The normalized spacial score (nSPS) is 18.7. The Labute approximate surface area is 106 Å². The van der Waals surface area contributed by atoms with E-state index in [1.54, 1.807) is 4.90 Å². The number of primary amides is 1. The van der Waals surface area contributed by atoms with E-state index in [-0.39, 0.29) is 12.5 Å². The Bertz CT molecular complexity index is 433. The molecular formula is C13H17N3O2. The Hall–Kier alpha value is -2.04. The van der Waals surface area contributed by atoms with E-state index < -0.39 is 11.9 Å². The van der Waals surface area contributed by atoms with E-state index in [1.807, 2.05) is 30.3 Å². The topological polar surface area (TPSA) is 75.4 Å². The summed E-state index contributed by atoms with van der Waals surface area (Å²) in [5.41, 5.74) is 6.17. The molecule has 1 unspecified atom stereocenters. The van der Waals surface area contributed by atoms with E-state index in [0.717, 1.165) is 12.1 Å². The molecule has 0 spiro atoms. The maximum atomic E-state index is 12.0. The van der Waals surface area contributed by atoms with Crippen LogP contribution in [0.5, 0.6) is 0 Å². The predicted molar refractivity (Wildman–Crippen MR) is 68.9 cm³/mol. The second kappa shape index (κ2) is 5.53. The van der Waals surface area contributed by atoms with Crippen molar-refractivity contribution in [2.75, 3.05) is 18.4 Å². The van der Waals surface area contributed by atoms with Gasteiger partial charge in [-0.3, -0.25) is 9.59 Å². The van der Waals surface area contributed by atoms with Gasteiger partial charge in [0.25, 0.3) is 0 Å². The molecule has 1 heterocycles. The quantitative estimate of drug-likeness (QED) is 0.817. The monoisotopic (exact) mass is 247 g/mol. The number of hydrogen-bond acceptors (Lipinski definition) is 3. The van der Waals surface area contributed by atoms with Crippen LogP contribution in [0.25, 0.3) is 0 Å². The third kappa shape index (κ3) is 2.80. The smallest absolute Gasteiger partial charge is 0.242 e. The van der Waals surface area contributed by atoms with Gasteiger partial charge in [0, 0.05) is 12.2 Å². The summed E-state index contributed by atoms with van der Waals surface area (Å²) < 4.78 is 0. The van der Waals surface area contributed by atoms with Gasteiger partial charge in [-0.05, 0) is 25.0 Å². The molecule has 0 saturated carbocycles. The van der Waals surface area contributed by atoms with E-state index in [1.165, 1.54) is 0 Å². The molecule has 5 heteroatoms. The zero-order valence-electron chi connectivity index (χ0n) is 10.1. The Morgan fingerprint density at radius 1 is 1.33 bits per heavy atom. The predicted octanol–water partition coefficient (Wildman–Crippen LogP) is 0.575. The third-order valence-corrected chi connectivity index (χ3v) is 3.12. The molecule has 1 aliphatic heterocycles. The van der Waals surface area contributed by atoms with Crippen molar-refractivity contribution in [3.8, 4) is 0 Å². The highest BCUT2D eigenvalue weighted by atomic mass is 16.2. The van der Waals surface area contributed by atoms with Gasteiger partial charge in [0.1, 0.15) is 6.04 Å². The largest absolute Gasteiger partial charge is 0.376 e. The van der Waals surface area contributed by atoms with Crippen LogP contribution in [0.3, 0.4) is 0 Å². The minimum Gasteiger partial charge on any atom is -0.376 e. The second-order valence-corrected chi connectivity index (χ2v) is 4.37. The van der Waals surface area contributed by atoms with Crippen LogP contribution in [0.15, 0.2) is 30.3 Å². The summed E-state index contributed by atoms with van der Waals surface area (Å²) in [5.74, 6) is -0.499. The van der Waals surface area contributed by atoms with E-state index in [2.05, 4.69) is 5.32 Å². The molecule has 3 N–H and O–H groups in total. The molecule has 18 heavy (non-hydrogen) atoms. The van der Waals surface area contributed by atoms with Gasteiger partial charge in [0.05, 0.1) is 6.54 Å². The molecule has 1 aliphatic rings. The number of nitrogens with zero attached hydrogens (tertiary/aromatic N) is 1. The van der Waals surface area contributed by atoms with Crippen molar-refractivity contribution in [1.82, 2.24) is 4.90 Å². The van der Waals surface area contributed by atoms with E-state index in [0.29, 0.717) is 13.0 Å². The molecule has 2 rings (SSSR count). The molecule has 96 valence electrons. The summed E-state index contributed by atoms with van der Waals surface area (Å²) >= 11 is 0. The highest BCUT2D eigenvalue weighted by molar-refractivity contribution is 5.89. The number of para-hydroxylation sites is 1. The molecule has 5 nitrogen and oxygen atoms in total. The lowest BCUT2D eigenvalue weighted by Gasteiger charge is -2.22. The van der Waals surface area contributed by atoms with Gasteiger partial charge >= 0.3 is 0 Å². The van der Waals surface area contributed by atoms with Crippen molar-refractivity contribution in [3.05, 3.63) is 30.3 Å². The summed E-state index contributed by atoms with van der Waals surface area (Å²) in [6.45, 7) is 0.802. The number of anilines is 1. The fraction of sp³-hybridized carbons (Fsp3) is 0.385. The number of benzene rings is 1. The molecule has 0 radical (unpaired) electrons. The summed E-state index contributed by atoms with van der Waals surface area (Å²) in [5, 5.41) is 3.04. The molecule has 1 aromatic rings. The highest BCUT2D eigenvalue weighted by Gasteiger charge is 2.32. The lowest BCUT2D eigenvalue weighted by atomic mass is 10.2. The maximum Gasteiger partial charge on any atom is 0.242 e. The van der Waals surface area contributed by atoms with Crippen LogP contribution in [0.4, 0.5) is 5.69 Å². The third-order valence-electron chi connectivity index (χ3n) is 3.12. The molecule has 1 aromatic carbocycles. The Morgan fingerprint density at radius 3 is 2.72 bits per heavy atom. The van der Waals surface area contributed by atoms with Gasteiger partial charge in [-0.2, -0.15) is 0 Å². The minimum absolute atomic E-state index is 0.0832. The SMILES string of the molecule is NC(=O)C1CCCN1C(=O)CNc1ccccc1. The van der Waals surface area contributed by atoms with Gasteiger partial charge in [0.2, 0.25) is 11.8 Å². The van der Waals surface area contributed by atoms with Crippen LogP contribution < -0.4 is 11.1 Å². The van der Waals surface area contributed by atoms with E-state index in [4.69, 9.17) is 5.73 Å². The average molecular weight is 247 g/mol. The van der Waals surface area contributed by atoms with Crippen molar-refractivity contribution >= 4 is 17.5 Å². The molecule has 0 aliphatic carbocycles. The number of rotatable bonds is 4. The Balaban J connectivity index is 1.90. The van der Waals surface area contributed by atoms with Crippen LogP contribution in [0.1, 0.15) is 12.8 Å². The summed E-state index contributed by atoms with van der Waals surface area (Å²) in [7, 11) is 0. The van der Waals surface area contributed by atoms with Crippen molar-refractivity contribution in [3.63, 3.8) is 0 Å². The van der Waals surface area contributed by atoms with Crippen molar-refractivity contribution in [2.45, 2.75) is 18.9 Å². The van der Waals surface area contributed by atoms with Crippen LogP contribution in [0, 0.1) is 0 Å². The fourth-order valence-electron chi connectivity index (χ4n) is 2.20. The number of hydrogen-bond donors (Lipinski definition) is 2. The van der Waals surface area contributed by atoms with Gasteiger partial charge in [0.15, 0.2) is 0 Å². The molecule has 2 amide bonds. The number of nitrogens with two attached hydrogens (primary N) is 1. The van der Waals surface area contributed by atoms with Crippen molar-refractivity contribution < 1.29 is 9.59 Å². The maximum absolute atomic E-state index is 12.0. The summed E-state index contributed by atoms with van der Waals surface area (Å²) in [4.78, 5) is 24.8. The summed E-state index contributed by atoms with van der Waals surface area (Å²) in [6, 6.07) is 9.06. The number of amides is 2. The van der Waals surface area contributed by atoms with Gasteiger partial charge < -0.3 is 16.0 Å². The first-order valence-electron chi connectivity index (χ1n) is 6.06. The number of likely N-dealkylation sites (tertiary alicyclic amines) is 1. The number of nitrogens with one attached hydrogen (secondary N) is 1. The lowest BCUT2D eigenvalue weighted by Crippen LogP contribution is -2.45. The molecule has 1 fully saturated rings. The lowest BCUT2D eigenvalue weighted by molar-refractivity contribution is -0.135. The minimum atomic E-state index is -0.435. The highest BCUT2D eigenvalue weighted by Crippen LogP contribution is 2.17. The van der Waals surface area contributed by atoms with Crippen LogP contribution in [0.2, 0.25) is 0 Å². The molecular weight excluding hydrogens is 230 g/mol. The average Bonchev–Trinajstić information content (AvgIpc) is 2.86. The van der Waals surface area contributed by atoms with Crippen molar-refractivity contribution in [1.29, 1.82) is 0 Å². The van der Waals surface area contributed by atoms with Gasteiger partial charge in [-0.15, -0.1) is 0 Å². The van der Waals surface area contributed by atoms with Crippen molar-refractivity contribution in [2.24, 2.45) is 5.73 Å². The molecule has 1 atom stereocenters. The first kappa shape index (κ1) is 12.4. The van der Waals surface area contributed by atoms with Crippen LogP contribution in [-0.4, -0.2) is 35.8 Å². The molecule has 0 aromatic heterocycles. The zero-order valence-corrected chi connectivity index (χ0v) is 10.1. The standard InChI is InChI=1S/C13H17N3O2/c14-13(18)11-7-4-8-16(11)12(17)9-15-10-5-2-1-3-6-10/h1-3,5-6,11,15H,4,7-9H2,(H2,14,18). The molecule has 1 saturated heterocycles. The first-order valence-corrected chi connectivity index (χ1v) is 6.06. The molecule has 0 bridgehead atoms. The second-order valence-electron chi connectivity index (χ2n) is 4.37. The number of carbonyl (C=O) groups excluding carboxylic acids is 2. The van der Waals surface area contributed by atoms with E-state index >= 15 is 0 Å². The number of carbonyl (C=O) groups is 2.